The highest BCUT2D eigenvalue weighted by atomic mass is 16.5. The molecule has 0 bridgehead atoms. The number of imidazole rings is 1. The topological polar surface area (TPSA) is 67.0 Å². The minimum atomic E-state index is -0.504. The highest BCUT2D eigenvalue weighted by Crippen LogP contribution is 2.47. The number of ether oxygens (including phenoxy) is 1. The van der Waals surface area contributed by atoms with Gasteiger partial charge < -0.3 is 15.0 Å². The summed E-state index contributed by atoms with van der Waals surface area (Å²) < 4.78 is 5.48. The molecule has 1 fully saturated rings. The number of rotatable bonds is 4. The van der Waals surface area contributed by atoms with Crippen LogP contribution in [0.25, 0.3) is 11.0 Å². The van der Waals surface area contributed by atoms with Crippen LogP contribution < -0.4 is 10.1 Å². The van der Waals surface area contributed by atoms with Crippen molar-refractivity contribution in [3.63, 3.8) is 0 Å². The minimum absolute atomic E-state index is 0.0251. The van der Waals surface area contributed by atoms with Gasteiger partial charge in [-0.2, -0.15) is 0 Å². The molecular weight excluding hydrogens is 302 g/mol. The van der Waals surface area contributed by atoms with Gasteiger partial charge in [0.05, 0.1) is 29.9 Å². The van der Waals surface area contributed by atoms with E-state index < -0.39 is 5.41 Å². The monoisotopic (exact) mass is 321 g/mol. The summed E-state index contributed by atoms with van der Waals surface area (Å²) in [4.78, 5) is 20.3. The highest BCUT2D eigenvalue weighted by molar-refractivity contribution is 6.01. The maximum atomic E-state index is 13.1. The Morgan fingerprint density at radius 1 is 1.25 bits per heavy atom. The van der Waals surface area contributed by atoms with Crippen molar-refractivity contribution in [2.45, 2.75) is 24.7 Å². The number of benzene rings is 2. The summed E-state index contributed by atoms with van der Waals surface area (Å²) in [5.41, 5.74) is 3.04. The van der Waals surface area contributed by atoms with Crippen LogP contribution in [-0.4, -0.2) is 23.0 Å². The van der Waals surface area contributed by atoms with Crippen LogP contribution >= 0.6 is 0 Å². The van der Waals surface area contributed by atoms with Crippen molar-refractivity contribution in [1.29, 1.82) is 0 Å². The number of fused-ring (bicyclic) bond motifs is 1. The Hall–Kier alpha value is -2.82. The van der Waals surface area contributed by atoms with Crippen molar-refractivity contribution < 1.29 is 9.53 Å². The van der Waals surface area contributed by atoms with Gasteiger partial charge in [-0.05, 0) is 37.1 Å². The summed E-state index contributed by atoms with van der Waals surface area (Å²) in [5.74, 6) is 0.800. The van der Waals surface area contributed by atoms with Crippen molar-refractivity contribution in [2.75, 3.05) is 12.4 Å². The van der Waals surface area contributed by atoms with Gasteiger partial charge >= 0.3 is 0 Å². The number of amides is 1. The largest absolute Gasteiger partial charge is 0.496 e. The van der Waals surface area contributed by atoms with Crippen molar-refractivity contribution >= 4 is 22.6 Å². The van der Waals surface area contributed by atoms with Crippen molar-refractivity contribution in [3.8, 4) is 5.75 Å². The minimum Gasteiger partial charge on any atom is -0.496 e. The van der Waals surface area contributed by atoms with Crippen LogP contribution in [0.3, 0.4) is 0 Å². The Kier molecular flexibility index (Phi) is 3.49. The van der Waals surface area contributed by atoms with Crippen molar-refractivity contribution in [1.82, 2.24) is 9.97 Å². The third kappa shape index (κ3) is 2.24. The molecule has 0 unspecified atom stereocenters. The molecule has 5 nitrogen and oxygen atoms in total. The lowest BCUT2D eigenvalue weighted by Crippen LogP contribution is -2.46. The van der Waals surface area contributed by atoms with Crippen LogP contribution in [0.2, 0.25) is 0 Å². The predicted octanol–water partition coefficient (Wildman–Crippen LogP) is 3.63. The maximum Gasteiger partial charge on any atom is 0.235 e. The quantitative estimate of drug-likeness (QED) is 0.771. The number of methoxy groups -OCH3 is 1. The molecule has 0 aliphatic heterocycles. The number of para-hydroxylation sites is 1. The van der Waals surface area contributed by atoms with Gasteiger partial charge in [0.25, 0.3) is 0 Å². The Morgan fingerprint density at radius 2 is 2.08 bits per heavy atom. The number of carbonyl (C=O) groups excluding carboxylic acids is 1. The molecule has 0 radical (unpaired) electrons. The number of nitrogens with zero attached hydrogens (tertiary/aromatic N) is 1. The molecule has 1 heterocycles. The number of nitrogens with one attached hydrogen (secondary N) is 2. The number of aromatic nitrogens is 2. The standard InChI is InChI=1S/C19H19N3O2/c1-24-17-6-3-2-5-14(17)19(9-4-10-19)18(23)22-13-7-8-15-16(11-13)21-12-20-15/h2-3,5-8,11-12H,4,9-10H2,1H3,(H,20,21)(H,22,23). The lowest BCUT2D eigenvalue weighted by atomic mass is 9.63. The summed E-state index contributed by atoms with van der Waals surface area (Å²) in [6, 6.07) is 13.5. The zero-order valence-electron chi connectivity index (χ0n) is 13.5. The van der Waals surface area contributed by atoms with Crippen LogP contribution in [-0.2, 0) is 10.2 Å². The van der Waals surface area contributed by atoms with E-state index in [1.807, 2.05) is 42.5 Å². The van der Waals surface area contributed by atoms with E-state index in [0.717, 1.165) is 47.3 Å². The second-order valence-corrected chi connectivity index (χ2v) is 6.22. The number of carbonyl (C=O) groups is 1. The summed E-state index contributed by atoms with van der Waals surface area (Å²) in [5, 5.41) is 3.07. The van der Waals surface area contributed by atoms with Crippen LogP contribution in [0.4, 0.5) is 5.69 Å². The predicted molar refractivity (Wildman–Crippen MR) is 93.2 cm³/mol. The second kappa shape index (κ2) is 5.67. The van der Waals surface area contributed by atoms with E-state index in [-0.39, 0.29) is 5.91 Å². The van der Waals surface area contributed by atoms with Crippen LogP contribution in [0.5, 0.6) is 5.75 Å². The highest BCUT2D eigenvalue weighted by Gasteiger charge is 2.47. The van der Waals surface area contributed by atoms with Crippen LogP contribution in [0, 0.1) is 0 Å². The maximum absolute atomic E-state index is 13.1. The SMILES string of the molecule is COc1ccccc1C1(C(=O)Nc2ccc3nc[nH]c3c2)CCC1. The zero-order chi connectivity index (χ0) is 16.6. The number of H-pyrrole nitrogens is 1. The molecule has 1 amide bonds. The fraction of sp³-hybridized carbons (Fsp3) is 0.263. The molecule has 0 spiro atoms. The number of aromatic amines is 1. The molecule has 4 rings (SSSR count). The van der Waals surface area contributed by atoms with Gasteiger partial charge in [0.15, 0.2) is 0 Å². The third-order valence-electron chi connectivity index (χ3n) is 4.94. The molecule has 0 atom stereocenters. The Balaban J connectivity index is 1.66. The molecule has 2 N–H and O–H groups in total. The van der Waals surface area contributed by atoms with Gasteiger partial charge in [-0.25, -0.2) is 4.98 Å². The molecule has 0 saturated heterocycles. The summed E-state index contributed by atoms with van der Waals surface area (Å²) in [7, 11) is 1.65. The average Bonchev–Trinajstić information content (AvgIpc) is 3.02. The number of hydrogen-bond acceptors (Lipinski definition) is 3. The molecule has 5 heteroatoms. The van der Waals surface area contributed by atoms with Gasteiger partial charge in [-0.1, -0.05) is 24.6 Å². The fourth-order valence-corrected chi connectivity index (χ4v) is 3.45. The van der Waals surface area contributed by atoms with Gasteiger partial charge in [-0.15, -0.1) is 0 Å². The molecule has 1 aliphatic carbocycles. The van der Waals surface area contributed by atoms with Crippen LogP contribution in [0.1, 0.15) is 24.8 Å². The van der Waals surface area contributed by atoms with Gasteiger partial charge in [0.1, 0.15) is 5.75 Å². The molecule has 1 aromatic heterocycles. The first-order valence-corrected chi connectivity index (χ1v) is 8.11. The van der Waals surface area contributed by atoms with Crippen LogP contribution in [0.15, 0.2) is 48.8 Å². The lowest BCUT2D eigenvalue weighted by Gasteiger charge is -2.41. The second-order valence-electron chi connectivity index (χ2n) is 6.22. The first-order chi connectivity index (χ1) is 11.7. The van der Waals surface area contributed by atoms with Gasteiger partial charge in [-0.3, -0.25) is 4.79 Å². The van der Waals surface area contributed by atoms with Crippen molar-refractivity contribution in [3.05, 3.63) is 54.4 Å². The first-order valence-electron chi connectivity index (χ1n) is 8.11. The molecule has 2 aromatic carbocycles. The molecule has 3 aromatic rings. The van der Waals surface area contributed by atoms with Gasteiger partial charge in [0, 0.05) is 11.3 Å². The molecule has 1 saturated carbocycles. The fourth-order valence-electron chi connectivity index (χ4n) is 3.45. The Morgan fingerprint density at radius 3 is 2.83 bits per heavy atom. The lowest BCUT2D eigenvalue weighted by molar-refractivity contribution is -0.124. The van der Waals surface area contributed by atoms with E-state index in [0.29, 0.717) is 0 Å². The van der Waals surface area contributed by atoms with E-state index in [2.05, 4.69) is 15.3 Å². The van der Waals surface area contributed by atoms with Crippen molar-refractivity contribution in [2.24, 2.45) is 0 Å². The number of hydrogen-bond donors (Lipinski definition) is 2. The van der Waals surface area contributed by atoms with E-state index in [4.69, 9.17) is 4.74 Å². The zero-order valence-corrected chi connectivity index (χ0v) is 13.5. The molecule has 24 heavy (non-hydrogen) atoms. The third-order valence-corrected chi connectivity index (χ3v) is 4.94. The molecular formula is C19H19N3O2. The summed E-state index contributed by atoms with van der Waals surface area (Å²) in [6.45, 7) is 0. The summed E-state index contributed by atoms with van der Waals surface area (Å²) >= 11 is 0. The van der Waals surface area contributed by atoms with Gasteiger partial charge in [0.2, 0.25) is 5.91 Å². The average molecular weight is 321 g/mol. The van der Waals surface area contributed by atoms with E-state index >= 15 is 0 Å². The summed E-state index contributed by atoms with van der Waals surface area (Å²) in [6.07, 6.45) is 4.38. The number of anilines is 1. The smallest absolute Gasteiger partial charge is 0.235 e. The molecule has 1 aliphatic rings. The van der Waals surface area contributed by atoms with E-state index in [1.165, 1.54) is 0 Å². The molecule has 122 valence electrons. The normalized spacial score (nSPS) is 15.7. The first kappa shape index (κ1) is 14.8. The Labute approximate surface area is 140 Å². The van der Waals surface area contributed by atoms with E-state index in [1.54, 1.807) is 13.4 Å². The Bertz CT molecular complexity index is 896. The van der Waals surface area contributed by atoms with E-state index in [9.17, 15) is 4.79 Å².